The van der Waals surface area contributed by atoms with Gasteiger partial charge in [0.05, 0.1) is 19.8 Å². The Morgan fingerprint density at radius 3 is 2.81 bits per heavy atom. The SMILES string of the molecule is COc1ccc2c(c1)C13CCN(CC4CC4)C(C2)C1OCC(NCC1CCCCC1)C3. The fourth-order valence-corrected chi connectivity index (χ4v) is 7.32. The monoisotopic (exact) mass is 424 g/mol. The van der Waals surface area contributed by atoms with Gasteiger partial charge in [-0.3, -0.25) is 4.90 Å². The van der Waals surface area contributed by atoms with Gasteiger partial charge in [-0.2, -0.15) is 0 Å². The molecule has 2 saturated heterocycles. The normalized spacial score (nSPS) is 36.0. The van der Waals surface area contributed by atoms with E-state index < -0.39 is 0 Å². The van der Waals surface area contributed by atoms with Crippen LogP contribution in [0.4, 0.5) is 0 Å². The number of benzene rings is 1. The molecule has 4 fully saturated rings. The Labute approximate surface area is 188 Å². The van der Waals surface area contributed by atoms with Crippen molar-refractivity contribution in [2.45, 2.75) is 87.8 Å². The van der Waals surface area contributed by atoms with Crippen LogP contribution in [0.25, 0.3) is 0 Å². The van der Waals surface area contributed by atoms with Gasteiger partial charge in [0.2, 0.25) is 0 Å². The van der Waals surface area contributed by atoms with Gasteiger partial charge in [0.15, 0.2) is 0 Å². The van der Waals surface area contributed by atoms with E-state index in [-0.39, 0.29) is 5.41 Å². The number of nitrogens with zero attached hydrogens (tertiary/aromatic N) is 1. The smallest absolute Gasteiger partial charge is 0.119 e. The maximum absolute atomic E-state index is 6.81. The minimum absolute atomic E-state index is 0.148. The average Bonchev–Trinajstić information content (AvgIpc) is 3.64. The molecule has 4 unspecified atom stereocenters. The fourth-order valence-electron chi connectivity index (χ4n) is 7.32. The number of methoxy groups -OCH3 is 1. The summed E-state index contributed by atoms with van der Waals surface area (Å²) in [6.07, 6.45) is 13.9. The number of likely N-dealkylation sites (tertiary alicyclic amines) is 1. The molecule has 0 amide bonds. The van der Waals surface area contributed by atoms with E-state index in [1.165, 1.54) is 83.0 Å². The van der Waals surface area contributed by atoms with E-state index in [2.05, 4.69) is 28.4 Å². The van der Waals surface area contributed by atoms with Crippen LogP contribution in [-0.2, 0) is 16.6 Å². The molecule has 170 valence electrons. The third kappa shape index (κ3) is 3.83. The minimum Gasteiger partial charge on any atom is -0.497 e. The lowest BCUT2D eigenvalue weighted by molar-refractivity contribution is -0.138. The van der Waals surface area contributed by atoms with E-state index in [1.54, 1.807) is 12.7 Å². The molecular weight excluding hydrogens is 384 g/mol. The van der Waals surface area contributed by atoms with Crippen LogP contribution in [0.1, 0.15) is 68.9 Å². The Bertz CT molecular complexity index is 787. The standard InChI is InChI=1S/C27H40N2O2/c1-30-23-10-9-21-13-25-26-27(24(21)14-23,11-12-29(25)17-20-7-8-20)15-22(18-31-26)28-16-19-5-3-2-4-6-19/h9-10,14,19-20,22,25-26,28H,2-8,11-13,15-18H2,1H3. The van der Waals surface area contributed by atoms with Crippen LogP contribution in [0, 0.1) is 11.8 Å². The van der Waals surface area contributed by atoms with Gasteiger partial charge in [0, 0.05) is 24.0 Å². The van der Waals surface area contributed by atoms with E-state index in [0.717, 1.165) is 30.6 Å². The van der Waals surface area contributed by atoms with Gasteiger partial charge in [-0.25, -0.2) is 0 Å². The predicted molar refractivity (Wildman–Crippen MR) is 124 cm³/mol. The molecule has 1 aromatic rings. The first kappa shape index (κ1) is 20.5. The van der Waals surface area contributed by atoms with E-state index in [1.807, 2.05) is 0 Å². The van der Waals surface area contributed by atoms with Crippen LogP contribution in [0.2, 0.25) is 0 Å². The van der Waals surface area contributed by atoms with Gasteiger partial charge in [-0.1, -0.05) is 25.3 Å². The molecule has 2 saturated carbocycles. The quantitative estimate of drug-likeness (QED) is 0.738. The Hall–Kier alpha value is -1.10. The zero-order valence-electron chi connectivity index (χ0n) is 19.3. The van der Waals surface area contributed by atoms with Gasteiger partial charge in [0.1, 0.15) is 5.75 Å². The number of piperidine rings is 1. The van der Waals surface area contributed by atoms with Crippen LogP contribution in [0.5, 0.6) is 5.75 Å². The number of hydrogen-bond donors (Lipinski definition) is 1. The van der Waals surface area contributed by atoms with Gasteiger partial charge < -0.3 is 14.8 Å². The summed E-state index contributed by atoms with van der Waals surface area (Å²) in [5, 5.41) is 3.97. The van der Waals surface area contributed by atoms with E-state index in [4.69, 9.17) is 9.47 Å². The summed E-state index contributed by atoms with van der Waals surface area (Å²) < 4.78 is 12.5. The molecule has 2 aliphatic heterocycles. The van der Waals surface area contributed by atoms with E-state index in [9.17, 15) is 0 Å². The molecule has 1 aromatic carbocycles. The second-order valence-electron chi connectivity index (χ2n) is 11.2. The molecule has 31 heavy (non-hydrogen) atoms. The summed E-state index contributed by atoms with van der Waals surface area (Å²) in [5.74, 6) is 2.82. The van der Waals surface area contributed by atoms with Crippen molar-refractivity contribution in [3.8, 4) is 5.75 Å². The van der Waals surface area contributed by atoms with Crippen LogP contribution < -0.4 is 10.1 Å². The highest BCUT2D eigenvalue weighted by molar-refractivity contribution is 5.46. The summed E-state index contributed by atoms with van der Waals surface area (Å²) in [5.41, 5.74) is 3.22. The van der Waals surface area contributed by atoms with Crippen molar-refractivity contribution in [2.24, 2.45) is 11.8 Å². The maximum Gasteiger partial charge on any atom is 0.119 e. The summed E-state index contributed by atoms with van der Waals surface area (Å²) in [7, 11) is 1.80. The number of ether oxygens (including phenoxy) is 2. The van der Waals surface area contributed by atoms with Gasteiger partial charge in [-0.15, -0.1) is 0 Å². The predicted octanol–water partition coefficient (Wildman–Crippen LogP) is 4.30. The summed E-state index contributed by atoms with van der Waals surface area (Å²) in [6.45, 7) is 4.58. The van der Waals surface area contributed by atoms with Crippen molar-refractivity contribution < 1.29 is 9.47 Å². The number of fused-ring (bicyclic) bond motifs is 1. The van der Waals surface area contributed by atoms with E-state index >= 15 is 0 Å². The largest absolute Gasteiger partial charge is 0.497 e. The number of hydrogen-bond acceptors (Lipinski definition) is 4. The summed E-state index contributed by atoms with van der Waals surface area (Å²) in [4.78, 5) is 2.80. The molecule has 5 aliphatic rings. The Balaban J connectivity index is 1.26. The molecule has 0 aromatic heterocycles. The first-order chi connectivity index (χ1) is 15.2. The average molecular weight is 425 g/mol. The molecule has 3 aliphatic carbocycles. The molecule has 2 heterocycles. The Morgan fingerprint density at radius 1 is 1.13 bits per heavy atom. The zero-order chi connectivity index (χ0) is 20.8. The maximum atomic E-state index is 6.81. The zero-order valence-corrected chi connectivity index (χ0v) is 19.3. The van der Waals surface area contributed by atoms with Gasteiger partial charge in [0.25, 0.3) is 0 Å². The Morgan fingerprint density at radius 2 is 2.00 bits per heavy atom. The number of rotatable bonds is 6. The van der Waals surface area contributed by atoms with Crippen LogP contribution in [0.15, 0.2) is 18.2 Å². The summed E-state index contributed by atoms with van der Waals surface area (Å²) in [6, 6.07) is 7.89. The Kier molecular flexibility index (Phi) is 5.52. The highest BCUT2D eigenvalue weighted by atomic mass is 16.5. The molecule has 2 bridgehead atoms. The lowest BCUT2D eigenvalue weighted by Crippen LogP contribution is -2.68. The van der Waals surface area contributed by atoms with Crippen LogP contribution in [-0.4, -0.2) is 56.4 Å². The van der Waals surface area contributed by atoms with Crippen molar-refractivity contribution >= 4 is 0 Å². The van der Waals surface area contributed by atoms with Crippen molar-refractivity contribution in [2.75, 3.05) is 33.4 Å². The molecule has 4 heteroatoms. The van der Waals surface area contributed by atoms with Crippen molar-refractivity contribution in [3.05, 3.63) is 29.3 Å². The lowest BCUT2D eigenvalue weighted by atomic mass is 9.58. The molecular formula is C27H40N2O2. The summed E-state index contributed by atoms with van der Waals surface area (Å²) >= 11 is 0. The first-order valence-electron chi connectivity index (χ1n) is 13.0. The van der Waals surface area contributed by atoms with E-state index in [0.29, 0.717) is 18.2 Å². The van der Waals surface area contributed by atoms with Crippen molar-refractivity contribution in [1.82, 2.24) is 10.2 Å². The minimum atomic E-state index is 0.148. The lowest BCUT2D eigenvalue weighted by Gasteiger charge is -2.59. The first-order valence-corrected chi connectivity index (χ1v) is 13.0. The molecule has 4 atom stereocenters. The molecule has 0 radical (unpaired) electrons. The number of nitrogens with one attached hydrogen (secondary N) is 1. The highest BCUT2D eigenvalue weighted by Gasteiger charge is 2.57. The molecule has 6 rings (SSSR count). The van der Waals surface area contributed by atoms with Crippen LogP contribution in [0.3, 0.4) is 0 Å². The van der Waals surface area contributed by atoms with Gasteiger partial charge >= 0.3 is 0 Å². The molecule has 4 nitrogen and oxygen atoms in total. The van der Waals surface area contributed by atoms with Crippen LogP contribution >= 0.6 is 0 Å². The van der Waals surface area contributed by atoms with Crippen molar-refractivity contribution in [3.63, 3.8) is 0 Å². The third-order valence-corrected chi connectivity index (χ3v) is 9.19. The second kappa shape index (κ2) is 8.35. The fraction of sp³-hybridized carbons (Fsp3) is 0.778. The topological polar surface area (TPSA) is 33.7 Å². The van der Waals surface area contributed by atoms with Crippen molar-refractivity contribution in [1.29, 1.82) is 0 Å². The third-order valence-electron chi connectivity index (χ3n) is 9.19. The molecule has 0 spiro atoms. The van der Waals surface area contributed by atoms with Gasteiger partial charge in [-0.05, 0) is 93.1 Å². The highest BCUT2D eigenvalue weighted by Crippen LogP contribution is 2.52. The second-order valence-corrected chi connectivity index (χ2v) is 11.2. The molecule has 1 N–H and O–H groups in total.